The van der Waals surface area contributed by atoms with Crippen molar-refractivity contribution in [1.82, 2.24) is 15.6 Å². The number of hydrogen-bond acceptors (Lipinski definition) is 6. The average Bonchev–Trinajstić information content (AvgIpc) is 3.36. The van der Waals surface area contributed by atoms with Crippen LogP contribution in [0.3, 0.4) is 0 Å². The van der Waals surface area contributed by atoms with Gasteiger partial charge in [0.15, 0.2) is 0 Å². The quantitative estimate of drug-likeness (QED) is 0.225. The number of nitro groups is 1. The maximum Gasteiger partial charge on any atom is 0.270 e. The van der Waals surface area contributed by atoms with Crippen LogP contribution < -0.4 is 10.6 Å². The van der Waals surface area contributed by atoms with Gasteiger partial charge in [-0.25, -0.2) is 0 Å². The second kappa shape index (κ2) is 10.7. The second-order valence-electron chi connectivity index (χ2n) is 7.43. The number of nitrogens with one attached hydrogen (secondary N) is 2. The minimum absolute atomic E-state index is 0.0205. The van der Waals surface area contributed by atoms with Gasteiger partial charge in [-0.2, -0.15) is 0 Å². The van der Waals surface area contributed by atoms with Crippen LogP contribution in [-0.4, -0.2) is 21.7 Å². The van der Waals surface area contributed by atoms with Gasteiger partial charge in [0.05, 0.1) is 4.92 Å². The predicted molar refractivity (Wildman–Crippen MR) is 129 cm³/mol. The molecule has 9 heteroatoms. The number of aromatic nitrogens is 1. The molecule has 9 nitrogen and oxygen atoms in total. The molecule has 2 heterocycles. The van der Waals surface area contributed by atoms with Crippen LogP contribution in [0.25, 0.3) is 17.4 Å². The first kappa shape index (κ1) is 23.1. The molecule has 0 spiro atoms. The summed E-state index contributed by atoms with van der Waals surface area (Å²) in [5.74, 6) is -0.305. The fraction of sp³-hybridized carbons (Fsp3) is 0.0385. The smallest absolute Gasteiger partial charge is 0.270 e. The minimum atomic E-state index is -0.514. The van der Waals surface area contributed by atoms with Gasteiger partial charge in [-0.1, -0.05) is 30.3 Å². The van der Waals surface area contributed by atoms with E-state index in [1.807, 2.05) is 0 Å². The Hall–Kier alpha value is -5.05. The number of carbonyl (C=O) groups excluding carboxylic acids is 2. The Balaban J connectivity index is 1.59. The number of carbonyl (C=O) groups is 2. The van der Waals surface area contributed by atoms with Crippen LogP contribution >= 0.6 is 0 Å². The van der Waals surface area contributed by atoms with Crippen molar-refractivity contribution in [3.63, 3.8) is 0 Å². The Kier molecular flexibility index (Phi) is 7.08. The third kappa shape index (κ3) is 6.05. The average molecular weight is 468 g/mol. The van der Waals surface area contributed by atoms with Gasteiger partial charge in [0.25, 0.3) is 17.5 Å². The van der Waals surface area contributed by atoms with Crippen LogP contribution in [0, 0.1) is 10.1 Å². The van der Waals surface area contributed by atoms with Gasteiger partial charge < -0.3 is 15.1 Å². The van der Waals surface area contributed by atoms with Crippen LogP contribution in [-0.2, 0) is 11.3 Å². The van der Waals surface area contributed by atoms with E-state index in [9.17, 15) is 19.7 Å². The fourth-order valence-electron chi connectivity index (χ4n) is 3.22. The molecule has 35 heavy (non-hydrogen) atoms. The van der Waals surface area contributed by atoms with E-state index >= 15 is 0 Å². The van der Waals surface area contributed by atoms with Gasteiger partial charge in [-0.05, 0) is 42.0 Å². The highest BCUT2D eigenvalue weighted by Gasteiger charge is 2.16. The summed E-state index contributed by atoms with van der Waals surface area (Å²) >= 11 is 0. The molecule has 0 saturated carbocycles. The Labute approximate surface area is 200 Å². The Morgan fingerprint density at radius 2 is 1.74 bits per heavy atom. The Bertz CT molecular complexity index is 1380. The van der Waals surface area contributed by atoms with Gasteiger partial charge >= 0.3 is 0 Å². The lowest BCUT2D eigenvalue weighted by molar-refractivity contribution is -0.384. The molecule has 2 aromatic heterocycles. The van der Waals surface area contributed by atoms with E-state index in [1.165, 1.54) is 18.2 Å². The van der Waals surface area contributed by atoms with E-state index in [1.54, 1.807) is 79.1 Å². The number of hydrogen-bond donors (Lipinski definition) is 2. The van der Waals surface area contributed by atoms with Crippen molar-refractivity contribution in [1.29, 1.82) is 0 Å². The van der Waals surface area contributed by atoms with Crippen LogP contribution in [0.4, 0.5) is 5.69 Å². The molecule has 0 aliphatic rings. The van der Waals surface area contributed by atoms with E-state index in [2.05, 4.69) is 15.6 Å². The summed E-state index contributed by atoms with van der Waals surface area (Å²) in [5, 5.41) is 16.5. The zero-order valence-electron chi connectivity index (χ0n) is 18.4. The first-order chi connectivity index (χ1) is 17.0. The summed E-state index contributed by atoms with van der Waals surface area (Å²) in [6.45, 7) is 0.233. The van der Waals surface area contributed by atoms with E-state index in [0.29, 0.717) is 16.9 Å². The number of pyridine rings is 1. The molecule has 0 radical (unpaired) electrons. The number of rotatable bonds is 8. The van der Waals surface area contributed by atoms with E-state index in [0.717, 1.165) is 5.56 Å². The number of nitro benzene ring substituents is 1. The molecule has 2 N–H and O–H groups in total. The van der Waals surface area contributed by atoms with Gasteiger partial charge in [-0.15, -0.1) is 0 Å². The van der Waals surface area contributed by atoms with Crippen molar-refractivity contribution >= 4 is 23.6 Å². The van der Waals surface area contributed by atoms with Crippen molar-refractivity contribution in [3.8, 4) is 11.3 Å². The summed E-state index contributed by atoms with van der Waals surface area (Å²) in [5.41, 5.74) is 1.65. The standard InChI is InChI=1S/C26H20N4O5/c31-25(19-5-2-1-3-6-19)29-23(26(32)28-17-18-11-13-27-14-12-18)16-22-9-10-24(35-22)20-7-4-8-21(15-20)30(33)34/h1-16H,17H2,(H,28,32)(H,29,31)/b23-16-. The van der Waals surface area contributed by atoms with Crippen molar-refractivity contribution in [2.45, 2.75) is 6.54 Å². The highest BCUT2D eigenvalue weighted by molar-refractivity contribution is 6.05. The van der Waals surface area contributed by atoms with Crippen LogP contribution in [0.15, 0.2) is 101 Å². The molecular formula is C26H20N4O5. The molecule has 0 aliphatic carbocycles. The van der Waals surface area contributed by atoms with Gasteiger partial charge in [0.2, 0.25) is 0 Å². The van der Waals surface area contributed by atoms with Gasteiger partial charge in [0.1, 0.15) is 17.2 Å². The van der Waals surface area contributed by atoms with Crippen molar-refractivity contribution in [2.75, 3.05) is 0 Å². The first-order valence-corrected chi connectivity index (χ1v) is 10.6. The van der Waals surface area contributed by atoms with E-state index in [-0.39, 0.29) is 23.7 Å². The molecule has 0 aliphatic heterocycles. The molecule has 0 fully saturated rings. The molecule has 0 bridgehead atoms. The van der Waals surface area contributed by atoms with Crippen molar-refractivity contribution < 1.29 is 18.9 Å². The molecule has 4 aromatic rings. The third-order valence-electron chi connectivity index (χ3n) is 4.99. The molecule has 4 rings (SSSR count). The topological polar surface area (TPSA) is 127 Å². The Morgan fingerprint density at radius 3 is 2.49 bits per heavy atom. The summed E-state index contributed by atoms with van der Waals surface area (Å²) in [4.78, 5) is 40.2. The highest BCUT2D eigenvalue weighted by atomic mass is 16.6. The number of furan rings is 1. The van der Waals surface area contributed by atoms with Crippen LogP contribution in [0.5, 0.6) is 0 Å². The molecule has 0 atom stereocenters. The van der Waals surface area contributed by atoms with Crippen molar-refractivity contribution in [2.24, 2.45) is 0 Å². The lowest BCUT2D eigenvalue weighted by Crippen LogP contribution is -2.34. The summed E-state index contributed by atoms with van der Waals surface area (Å²) in [6, 6.07) is 21.3. The normalized spacial score (nSPS) is 11.0. The van der Waals surface area contributed by atoms with Gasteiger partial charge in [0, 0.05) is 48.3 Å². The molecule has 2 aromatic carbocycles. The van der Waals surface area contributed by atoms with E-state index < -0.39 is 16.7 Å². The molecule has 0 unspecified atom stereocenters. The summed E-state index contributed by atoms with van der Waals surface area (Å²) in [7, 11) is 0. The lowest BCUT2D eigenvalue weighted by Gasteiger charge is -2.11. The third-order valence-corrected chi connectivity index (χ3v) is 4.99. The molecule has 174 valence electrons. The van der Waals surface area contributed by atoms with Gasteiger partial charge in [-0.3, -0.25) is 24.7 Å². The number of non-ortho nitro benzene ring substituents is 1. The zero-order valence-corrected chi connectivity index (χ0v) is 18.4. The highest BCUT2D eigenvalue weighted by Crippen LogP contribution is 2.26. The Morgan fingerprint density at radius 1 is 0.971 bits per heavy atom. The predicted octanol–water partition coefficient (Wildman–Crippen LogP) is 4.34. The number of benzene rings is 2. The summed E-state index contributed by atoms with van der Waals surface area (Å²) < 4.78 is 5.80. The van der Waals surface area contributed by atoms with Crippen LogP contribution in [0.2, 0.25) is 0 Å². The first-order valence-electron chi connectivity index (χ1n) is 10.6. The number of amides is 2. The number of nitrogens with zero attached hydrogens (tertiary/aromatic N) is 2. The minimum Gasteiger partial charge on any atom is -0.457 e. The fourth-order valence-corrected chi connectivity index (χ4v) is 3.22. The van der Waals surface area contributed by atoms with Crippen LogP contribution in [0.1, 0.15) is 21.7 Å². The molecular weight excluding hydrogens is 448 g/mol. The lowest BCUT2D eigenvalue weighted by atomic mass is 10.1. The summed E-state index contributed by atoms with van der Waals surface area (Å²) in [6.07, 6.45) is 4.64. The largest absolute Gasteiger partial charge is 0.457 e. The maximum atomic E-state index is 13.0. The van der Waals surface area contributed by atoms with E-state index in [4.69, 9.17) is 4.42 Å². The second-order valence-corrected chi connectivity index (χ2v) is 7.43. The molecule has 2 amide bonds. The zero-order chi connectivity index (χ0) is 24.6. The molecule has 0 saturated heterocycles. The van der Waals surface area contributed by atoms with Crippen molar-refractivity contribution in [3.05, 3.63) is 124 Å². The monoisotopic (exact) mass is 468 g/mol. The SMILES string of the molecule is O=C(NCc1ccncc1)/C(=C/c1ccc(-c2cccc([N+](=O)[O-])c2)o1)NC(=O)c1ccccc1. The maximum absolute atomic E-state index is 13.0.